The number of piperidine rings is 1. The molecule has 34 heavy (non-hydrogen) atoms. The lowest BCUT2D eigenvalue weighted by Gasteiger charge is -2.64. The van der Waals surface area contributed by atoms with E-state index in [1.807, 2.05) is 0 Å². The van der Waals surface area contributed by atoms with E-state index >= 15 is 0 Å². The van der Waals surface area contributed by atoms with Crippen LogP contribution in [0.2, 0.25) is 0 Å². The van der Waals surface area contributed by atoms with E-state index in [1.165, 1.54) is 64.2 Å². The lowest BCUT2D eigenvalue weighted by molar-refractivity contribution is -0.171. The molecule has 5 aliphatic rings. The van der Waals surface area contributed by atoms with Crippen LogP contribution >= 0.6 is 0 Å². The van der Waals surface area contributed by atoms with Gasteiger partial charge in [-0.2, -0.15) is 0 Å². The van der Waals surface area contributed by atoms with Crippen LogP contribution in [0, 0.1) is 64.1 Å². The number of nitrogens with zero attached hydrogens (tertiary/aromatic N) is 1. The predicted octanol–water partition coefficient (Wildman–Crippen LogP) is 8.20. The van der Waals surface area contributed by atoms with Gasteiger partial charge in [-0.3, -0.25) is 4.79 Å². The maximum atomic E-state index is 12.8. The maximum Gasteiger partial charge on any atom is 0.222 e. The molecule has 4 aliphatic carbocycles. The molecule has 0 N–H and O–H groups in total. The number of carbonyl (C=O) groups is 1. The number of likely N-dealkylation sites (tertiary alicyclic amines) is 1. The van der Waals surface area contributed by atoms with Crippen LogP contribution in [0.15, 0.2) is 0 Å². The van der Waals surface area contributed by atoms with Gasteiger partial charge >= 0.3 is 0 Å². The number of hydrogen-bond acceptors (Lipinski definition) is 1. The fraction of sp³-hybridized carbons (Fsp3) is 0.969. The zero-order valence-electron chi connectivity index (χ0n) is 23.6. The summed E-state index contributed by atoms with van der Waals surface area (Å²) in [7, 11) is 2.14. The molecule has 0 aromatic rings. The highest BCUT2D eigenvalue weighted by Gasteiger charge is 2.66. The van der Waals surface area contributed by atoms with Crippen molar-refractivity contribution in [1.29, 1.82) is 0 Å². The average Bonchev–Trinajstić information content (AvgIpc) is 3.49. The molecule has 0 bridgehead atoms. The van der Waals surface area contributed by atoms with Crippen molar-refractivity contribution in [2.24, 2.45) is 64.1 Å². The molecule has 0 radical (unpaired) electrons. The van der Waals surface area contributed by atoms with Gasteiger partial charge in [0.15, 0.2) is 0 Å². The Morgan fingerprint density at radius 3 is 2.35 bits per heavy atom. The third-order valence-corrected chi connectivity index (χ3v) is 12.9. The number of amides is 1. The van der Waals surface area contributed by atoms with Gasteiger partial charge in [0.25, 0.3) is 0 Å². The summed E-state index contributed by atoms with van der Waals surface area (Å²) in [6, 6.07) is 0.495. The average molecular weight is 470 g/mol. The number of rotatable bonds is 7. The molecule has 0 aromatic carbocycles. The number of fused-ring (bicyclic) bond motifs is 5. The fourth-order valence-corrected chi connectivity index (χ4v) is 10.9. The second-order valence-electron chi connectivity index (χ2n) is 14.8. The summed E-state index contributed by atoms with van der Waals surface area (Å²) < 4.78 is 0. The maximum absolute atomic E-state index is 12.8. The summed E-state index contributed by atoms with van der Waals surface area (Å²) in [4.78, 5) is 15.0. The Hall–Kier alpha value is -0.530. The topological polar surface area (TPSA) is 20.3 Å². The minimum atomic E-state index is 0.350. The summed E-state index contributed by atoms with van der Waals surface area (Å²) in [5.74, 6) is 8.60. The summed E-state index contributed by atoms with van der Waals surface area (Å²) in [5, 5.41) is 0. The van der Waals surface area contributed by atoms with Crippen LogP contribution in [0.1, 0.15) is 119 Å². The number of hydrogen-bond donors (Lipinski definition) is 0. The van der Waals surface area contributed by atoms with Crippen molar-refractivity contribution >= 4 is 5.91 Å². The Morgan fingerprint density at radius 2 is 1.68 bits per heavy atom. The molecule has 11 atom stereocenters. The molecule has 1 saturated heterocycles. The van der Waals surface area contributed by atoms with Crippen LogP contribution < -0.4 is 0 Å². The largest absolute Gasteiger partial charge is 0.342 e. The molecule has 0 spiro atoms. The van der Waals surface area contributed by atoms with Crippen molar-refractivity contribution in [3.8, 4) is 0 Å². The molecule has 2 heteroatoms. The highest BCUT2D eigenvalue weighted by molar-refractivity contribution is 5.77. The van der Waals surface area contributed by atoms with Gasteiger partial charge in [-0.15, -0.1) is 0 Å². The second kappa shape index (κ2) is 9.09. The van der Waals surface area contributed by atoms with Crippen molar-refractivity contribution in [2.45, 2.75) is 125 Å². The summed E-state index contributed by atoms with van der Waals surface area (Å²) in [5.41, 5.74) is 0.912. The van der Waals surface area contributed by atoms with Crippen molar-refractivity contribution in [3.05, 3.63) is 0 Å². The van der Waals surface area contributed by atoms with Crippen LogP contribution in [0.5, 0.6) is 0 Å². The second-order valence-corrected chi connectivity index (χ2v) is 14.8. The van der Waals surface area contributed by atoms with Crippen molar-refractivity contribution in [3.63, 3.8) is 0 Å². The molecule has 1 heterocycles. The highest BCUT2D eigenvalue weighted by Crippen LogP contribution is 2.71. The molecule has 2 unspecified atom stereocenters. The van der Waals surface area contributed by atoms with Crippen molar-refractivity contribution in [2.75, 3.05) is 7.05 Å². The van der Waals surface area contributed by atoms with E-state index < -0.39 is 0 Å². The van der Waals surface area contributed by atoms with Gasteiger partial charge in [0.2, 0.25) is 5.91 Å². The Labute approximate surface area is 211 Å². The summed E-state index contributed by atoms with van der Waals surface area (Å²) >= 11 is 0. The van der Waals surface area contributed by atoms with Gasteiger partial charge < -0.3 is 4.90 Å². The number of carbonyl (C=O) groups excluding carboxylic acids is 1. The minimum Gasteiger partial charge on any atom is -0.342 e. The van der Waals surface area contributed by atoms with Gasteiger partial charge in [-0.05, 0) is 109 Å². The van der Waals surface area contributed by atoms with E-state index in [9.17, 15) is 4.79 Å². The Morgan fingerprint density at radius 1 is 0.941 bits per heavy atom. The van der Waals surface area contributed by atoms with E-state index in [0.29, 0.717) is 22.8 Å². The lowest BCUT2D eigenvalue weighted by atomic mass is 9.43. The smallest absolute Gasteiger partial charge is 0.222 e. The van der Waals surface area contributed by atoms with Gasteiger partial charge in [0.05, 0.1) is 0 Å². The first kappa shape index (κ1) is 25.1. The van der Waals surface area contributed by atoms with Gasteiger partial charge in [-0.25, -0.2) is 0 Å². The van der Waals surface area contributed by atoms with Crippen molar-refractivity contribution < 1.29 is 4.79 Å². The summed E-state index contributed by atoms with van der Waals surface area (Å²) in [6.45, 7) is 15.1. The molecule has 5 fully saturated rings. The molecule has 1 aliphatic heterocycles. The van der Waals surface area contributed by atoms with Gasteiger partial charge in [-0.1, -0.05) is 67.2 Å². The van der Waals surface area contributed by atoms with Crippen LogP contribution in [-0.2, 0) is 4.79 Å². The SMILES string of the molecule is CCC1CC1[C@H]1C[C@H]2N(C)C(=O)CC[C@]2(C)[C@H]2CC[C@]3(C)[C@@H]([C@H](C)CCCC(C)C)CC[C@H]3[C@H]12. The van der Waals surface area contributed by atoms with Crippen molar-refractivity contribution in [1.82, 2.24) is 4.90 Å². The van der Waals surface area contributed by atoms with Crippen LogP contribution in [0.25, 0.3) is 0 Å². The van der Waals surface area contributed by atoms with E-state index in [0.717, 1.165) is 66.1 Å². The fourth-order valence-electron chi connectivity index (χ4n) is 10.9. The first-order valence-corrected chi connectivity index (χ1v) is 15.4. The quantitative estimate of drug-likeness (QED) is 0.368. The molecule has 5 rings (SSSR count). The zero-order valence-corrected chi connectivity index (χ0v) is 23.6. The Kier molecular flexibility index (Phi) is 6.72. The minimum absolute atomic E-state index is 0.350. The standard InChI is InChI=1S/C32H55NO/c1-8-22-18-23(22)24-19-28-32(6,17-15-29(34)33(28)7)27-14-16-31(5)25(12-13-26(31)30(24)27)21(4)11-9-10-20(2)3/h20-28,30H,8-19H2,1-7H3/t21-,22?,23?,24-,25-,26+,27+,28-,30+,31-,32-/m1/s1. The zero-order chi connectivity index (χ0) is 24.4. The third-order valence-electron chi connectivity index (χ3n) is 12.9. The van der Waals surface area contributed by atoms with Crippen LogP contribution in [0.4, 0.5) is 0 Å². The van der Waals surface area contributed by atoms with Crippen LogP contribution in [-0.4, -0.2) is 23.9 Å². The van der Waals surface area contributed by atoms with Gasteiger partial charge in [0, 0.05) is 19.5 Å². The molecule has 4 saturated carbocycles. The summed E-state index contributed by atoms with van der Waals surface area (Å²) in [6.07, 6.45) is 16.2. The first-order chi connectivity index (χ1) is 16.1. The van der Waals surface area contributed by atoms with Gasteiger partial charge in [0.1, 0.15) is 0 Å². The van der Waals surface area contributed by atoms with E-state index in [2.05, 4.69) is 53.5 Å². The molecular weight excluding hydrogens is 414 g/mol. The Balaban J connectivity index is 1.42. The monoisotopic (exact) mass is 469 g/mol. The van der Waals surface area contributed by atoms with E-state index in [-0.39, 0.29) is 0 Å². The first-order valence-electron chi connectivity index (χ1n) is 15.4. The van der Waals surface area contributed by atoms with Crippen LogP contribution in [0.3, 0.4) is 0 Å². The van der Waals surface area contributed by atoms with E-state index in [4.69, 9.17) is 0 Å². The van der Waals surface area contributed by atoms with E-state index in [1.54, 1.807) is 0 Å². The Bertz CT molecular complexity index is 760. The molecular formula is C32H55NO. The molecule has 2 nitrogen and oxygen atoms in total. The molecule has 194 valence electrons. The third kappa shape index (κ3) is 3.91. The lowest BCUT2D eigenvalue weighted by Crippen LogP contribution is -2.64. The predicted molar refractivity (Wildman–Crippen MR) is 142 cm³/mol. The molecule has 1 amide bonds. The normalized spacial score (nSPS) is 48.9. The molecule has 0 aromatic heterocycles. The highest BCUT2D eigenvalue weighted by atomic mass is 16.2.